The third kappa shape index (κ3) is 4.52. The second-order valence-electron chi connectivity index (χ2n) is 8.80. The van der Waals surface area contributed by atoms with Gasteiger partial charge >= 0.3 is 0 Å². The third-order valence-electron chi connectivity index (χ3n) is 6.25. The van der Waals surface area contributed by atoms with E-state index in [1.54, 1.807) is 0 Å². The summed E-state index contributed by atoms with van der Waals surface area (Å²) < 4.78 is 7.78. The summed E-state index contributed by atoms with van der Waals surface area (Å²) in [6, 6.07) is 18.2. The first-order chi connectivity index (χ1) is 16.1. The van der Waals surface area contributed by atoms with Crippen molar-refractivity contribution >= 4 is 16.7 Å². The lowest BCUT2D eigenvalue weighted by molar-refractivity contribution is 0.0737. The lowest BCUT2D eigenvalue weighted by Crippen LogP contribution is -2.36. The fraction of sp³-hybridized carbons (Fsp3) is 0.296. The molecule has 1 aliphatic rings. The molecule has 2 aromatic heterocycles. The molecule has 0 aliphatic carbocycles. The number of benzene rings is 2. The topological polar surface area (TPSA) is 60.2 Å². The van der Waals surface area contributed by atoms with Crippen molar-refractivity contribution < 1.29 is 9.53 Å². The highest BCUT2D eigenvalue weighted by molar-refractivity contribution is 5.94. The molecule has 5 rings (SSSR count). The molecule has 6 heteroatoms. The van der Waals surface area contributed by atoms with E-state index in [1.807, 2.05) is 66.2 Å². The van der Waals surface area contributed by atoms with Crippen molar-refractivity contribution in [1.29, 1.82) is 0 Å². The van der Waals surface area contributed by atoms with Gasteiger partial charge in [0.15, 0.2) is 0 Å². The smallest absolute Gasteiger partial charge is 0.254 e. The van der Waals surface area contributed by atoms with E-state index in [2.05, 4.69) is 34.3 Å². The summed E-state index contributed by atoms with van der Waals surface area (Å²) in [7, 11) is 0. The van der Waals surface area contributed by atoms with E-state index in [4.69, 9.17) is 4.74 Å². The summed E-state index contributed by atoms with van der Waals surface area (Å²) in [5.74, 6) is 0.269. The number of amides is 1. The lowest BCUT2D eigenvalue weighted by Gasteiger charge is -2.24. The molecule has 0 saturated carbocycles. The highest BCUT2D eigenvalue weighted by Crippen LogP contribution is 2.23. The van der Waals surface area contributed by atoms with Crippen molar-refractivity contribution in [3.63, 3.8) is 0 Å². The molecule has 3 heterocycles. The molecule has 1 amide bonds. The van der Waals surface area contributed by atoms with Crippen molar-refractivity contribution in [1.82, 2.24) is 19.7 Å². The number of carbonyl (C=O) groups excluding carboxylic acids is 1. The average molecular weight is 441 g/mol. The van der Waals surface area contributed by atoms with Crippen LogP contribution in [0, 0.1) is 19.8 Å². The van der Waals surface area contributed by atoms with Gasteiger partial charge in [-0.15, -0.1) is 0 Å². The summed E-state index contributed by atoms with van der Waals surface area (Å²) in [4.78, 5) is 19.6. The van der Waals surface area contributed by atoms with E-state index < -0.39 is 0 Å². The number of nitrogens with zero attached hydrogens (tertiary/aromatic N) is 4. The molecular weight excluding hydrogens is 412 g/mol. The molecule has 2 aromatic carbocycles. The number of hydrogen-bond acceptors (Lipinski definition) is 4. The number of aryl methyl sites for hydroxylation is 2. The van der Waals surface area contributed by atoms with E-state index >= 15 is 0 Å². The lowest BCUT2D eigenvalue weighted by atomic mass is 9.95. The molecule has 1 fully saturated rings. The molecular formula is C27H28N4O2. The second kappa shape index (κ2) is 9.16. The molecule has 6 nitrogen and oxygen atoms in total. The van der Waals surface area contributed by atoms with Gasteiger partial charge in [-0.05, 0) is 61.5 Å². The van der Waals surface area contributed by atoms with E-state index in [1.165, 1.54) is 10.9 Å². The van der Waals surface area contributed by atoms with Gasteiger partial charge in [-0.1, -0.05) is 24.3 Å². The molecule has 4 aromatic rings. The number of pyridine rings is 1. The largest absolute Gasteiger partial charge is 0.379 e. The Morgan fingerprint density at radius 1 is 1.12 bits per heavy atom. The van der Waals surface area contributed by atoms with Gasteiger partial charge in [-0.25, -0.2) is 4.68 Å². The number of fused-ring (bicyclic) bond motifs is 1. The van der Waals surface area contributed by atoms with Gasteiger partial charge in [0.2, 0.25) is 0 Å². The summed E-state index contributed by atoms with van der Waals surface area (Å²) >= 11 is 0. The zero-order chi connectivity index (χ0) is 22.8. The van der Waals surface area contributed by atoms with Crippen LogP contribution in [-0.4, -0.2) is 51.9 Å². The highest BCUT2D eigenvalue weighted by atomic mass is 16.5. The number of carbonyl (C=O) groups is 1. The fourth-order valence-electron chi connectivity index (χ4n) is 4.71. The Hall–Kier alpha value is -3.51. The maximum atomic E-state index is 13.5. The fourth-order valence-corrected chi connectivity index (χ4v) is 4.71. The van der Waals surface area contributed by atoms with E-state index in [9.17, 15) is 4.79 Å². The Morgan fingerprint density at radius 3 is 2.85 bits per heavy atom. The van der Waals surface area contributed by atoms with Gasteiger partial charge in [0.1, 0.15) is 0 Å². The van der Waals surface area contributed by atoms with Gasteiger partial charge in [0.05, 0.1) is 24.6 Å². The molecule has 0 spiro atoms. The van der Waals surface area contributed by atoms with Gasteiger partial charge in [0.25, 0.3) is 5.91 Å². The molecule has 1 saturated heterocycles. The van der Waals surface area contributed by atoms with Crippen molar-refractivity contribution in [2.45, 2.75) is 20.3 Å². The van der Waals surface area contributed by atoms with Gasteiger partial charge < -0.3 is 9.64 Å². The van der Waals surface area contributed by atoms with Crippen LogP contribution in [0.4, 0.5) is 0 Å². The second-order valence-corrected chi connectivity index (χ2v) is 8.80. The van der Waals surface area contributed by atoms with Crippen LogP contribution in [0.5, 0.6) is 0 Å². The predicted octanol–water partition coefficient (Wildman–Crippen LogP) is 4.37. The van der Waals surface area contributed by atoms with Gasteiger partial charge in [-0.3, -0.25) is 9.78 Å². The third-order valence-corrected chi connectivity index (χ3v) is 6.25. The monoisotopic (exact) mass is 440 g/mol. The maximum absolute atomic E-state index is 13.5. The van der Waals surface area contributed by atoms with Crippen LogP contribution in [0.1, 0.15) is 27.3 Å². The maximum Gasteiger partial charge on any atom is 0.254 e. The highest BCUT2D eigenvalue weighted by Gasteiger charge is 2.24. The number of rotatable bonds is 4. The summed E-state index contributed by atoms with van der Waals surface area (Å²) in [6.45, 7) is 6.47. The normalized spacial score (nSPS) is 16.7. The Morgan fingerprint density at radius 2 is 2.00 bits per heavy atom. The average Bonchev–Trinajstić information content (AvgIpc) is 3.02. The first-order valence-electron chi connectivity index (χ1n) is 11.4. The van der Waals surface area contributed by atoms with E-state index in [-0.39, 0.29) is 11.8 Å². The van der Waals surface area contributed by atoms with Crippen LogP contribution in [-0.2, 0) is 11.2 Å². The number of ether oxygens (including phenoxy) is 1. The quantitative estimate of drug-likeness (QED) is 0.473. The Labute approximate surface area is 193 Å². The zero-order valence-electron chi connectivity index (χ0n) is 19.1. The number of hydrogen-bond donors (Lipinski definition) is 0. The molecule has 33 heavy (non-hydrogen) atoms. The van der Waals surface area contributed by atoms with Crippen molar-refractivity contribution in [2.24, 2.45) is 5.92 Å². The number of aromatic nitrogens is 3. The molecule has 0 N–H and O–H groups in total. The first-order valence-corrected chi connectivity index (χ1v) is 11.4. The minimum atomic E-state index is 0.0380. The molecule has 0 bridgehead atoms. The van der Waals surface area contributed by atoms with Crippen molar-refractivity contribution in [2.75, 3.05) is 26.3 Å². The minimum Gasteiger partial charge on any atom is -0.379 e. The Balaban J connectivity index is 1.36. The summed E-state index contributed by atoms with van der Waals surface area (Å²) in [5.41, 5.74) is 4.85. The SMILES string of the molecule is Cc1cc(C)n(-c2cccc(C(=O)N3CCOC[C@H](Cc4cccc5cnccc45)C3)c2)n1. The van der Waals surface area contributed by atoms with Gasteiger partial charge in [0, 0.05) is 48.0 Å². The molecule has 0 unspecified atom stereocenters. The van der Waals surface area contributed by atoms with Crippen LogP contribution in [0.2, 0.25) is 0 Å². The Bertz CT molecular complexity index is 1290. The van der Waals surface area contributed by atoms with E-state index in [0.29, 0.717) is 31.9 Å². The summed E-state index contributed by atoms with van der Waals surface area (Å²) in [5, 5.41) is 6.91. The standard InChI is InChI=1S/C27H28N4O2/c1-19-13-20(2)31(29-19)25-8-4-6-23(15-25)27(32)30-11-12-33-18-21(17-30)14-22-5-3-7-24-16-28-10-9-26(22)24/h3-10,13,15-16,21H,11-12,14,17-18H2,1-2H3/t21-/m1/s1. The van der Waals surface area contributed by atoms with Gasteiger partial charge in [-0.2, -0.15) is 5.10 Å². The van der Waals surface area contributed by atoms with E-state index in [0.717, 1.165) is 28.9 Å². The van der Waals surface area contributed by atoms with Crippen LogP contribution in [0.15, 0.2) is 67.0 Å². The first kappa shape index (κ1) is 21.3. The van der Waals surface area contributed by atoms with Crippen molar-refractivity contribution in [3.8, 4) is 5.69 Å². The Kier molecular flexibility index (Phi) is 5.92. The predicted molar refractivity (Wildman–Crippen MR) is 129 cm³/mol. The molecule has 168 valence electrons. The summed E-state index contributed by atoms with van der Waals surface area (Å²) in [6.07, 6.45) is 4.59. The molecule has 1 atom stereocenters. The van der Waals surface area contributed by atoms with Crippen molar-refractivity contribution in [3.05, 3.63) is 89.5 Å². The van der Waals surface area contributed by atoms with Crippen LogP contribution >= 0.6 is 0 Å². The van der Waals surface area contributed by atoms with Crippen LogP contribution in [0.25, 0.3) is 16.5 Å². The van der Waals surface area contributed by atoms with Crippen LogP contribution < -0.4 is 0 Å². The molecule has 1 aliphatic heterocycles. The zero-order valence-corrected chi connectivity index (χ0v) is 19.1. The minimum absolute atomic E-state index is 0.0380. The van der Waals surface area contributed by atoms with Crippen LogP contribution in [0.3, 0.4) is 0 Å². The molecule has 0 radical (unpaired) electrons.